The summed E-state index contributed by atoms with van der Waals surface area (Å²) in [6.07, 6.45) is 6.11. The van der Waals surface area contributed by atoms with Gasteiger partial charge >= 0.3 is 11.9 Å². The van der Waals surface area contributed by atoms with Crippen molar-refractivity contribution in [1.82, 2.24) is 29.5 Å². The zero-order valence-electron chi connectivity index (χ0n) is 20.6. The zero-order chi connectivity index (χ0) is 28.4. The van der Waals surface area contributed by atoms with E-state index >= 15 is 0 Å². The van der Waals surface area contributed by atoms with Gasteiger partial charge < -0.3 is 19.4 Å². The summed E-state index contributed by atoms with van der Waals surface area (Å²) in [7, 11) is 0. The molecule has 0 spiro atoms. The number of carboxylic acids is 1. The van der Waals surface area contributed by atoms with E-state index in [1.54, 1.807) is 12.1 Å². The molecule has 0 aliphatic carbocycles. The van der Waals surface area contributed by atoms with Crippen LogP contribution in [0.5, 0.6) is 0 Å². The van der Waals surface area contributed by atoms with Crippen LogP contribution in [0.15, 0.2) is 64.7 Å². The number of anilines is 1. The van der Waals surface area contributed by atoms with Gasteiger partial charge in [-0.1, -0.05) is 11.6 Å². The Labute approximate surface area is 233 Å². The van der Waals surface area contributed by atoms with Crippen molar-refractivity contribution in [3.05, 3.63) is 97.5 Å². The number of aromatic carboxylic acids is 1. The van der Waals surface area contributed by atoms with Crippen LogP contribution in [-0.2, 0) is 13.1 Å². The number of ketones is 1. The minimum atomic E-state index is -1.37. The highest BCUT2D eigenvalue weighted by atomic mass is 35.5. The van der Waals surface area contributed by atoms with E-state index in [-0.39, 0.29) is 52.5 Å². The topological polar surface area (TPSA) is 175 Å². The monoisotopic (exact) mass is 579 g/mol. The summed E-state index contributed by atoms with van der Waals surface area (Å²) < 4.78 is 7.56. The maximum absolute atomic E-state index is 13.6. The molecule has 0 aromatic carbocycles. The van der Waals surface area contributed by atoms with Crippen molar-refractivity contribution in [2.45, 2.75) is 20.0 Å². The molecule has 5 aromatic heterocycles. The van der Waals surface area contributed by atoms with Crippen LogP contribution in [0.1, 0.15) is 41.6 Å². The molecule has 0 atom stereocenters. The molecule has 0 saturated carbocycles. The standard InChI is InChI=1S/C25H18ClN7O6S/c1-13-9-32(10-18(34)14-4-5-29-30-7-14)24(36)22(21(13)25(37)38)16-6-20(27-8-15-2-3-19(26)40-15)33(31-16)23(35)17-11-39-12-28-17/h2-7,9,11-12,27H,8,10H2,1H3,(H,37,38). The molecule has 13 nitrogen and oxygen atoms in total. The Morgan fingerprint density at radius 3 is 2.67 bits per heavy atom. The Balaban J connectivity index is 1.61. The van der Waals surface area contributed by atoms with E-state index in [0.717, 1.165) is 26.8 Å². The molecule has 0 aliphatic rings. The number of carboxylic acid groups (broad SMARTS) is 1. The van der Waals surface area contributed by atoms with E-state index in [2.05, 4.69) is 25.6 Å². The normalized spacial score (nSPS) is 10.9. The van der Waals surface area contributed by atoms with Gasteiger partial charge in [0.05, 0.1) is 40.9 Å². The molecule has 0 amide bonds. The van der Waals surface area contributed by atoms with Crippen LogP contribution in [0.4, 0.5) is 5.82 Å². The third-order valence-corrected chi connectivity index (χ3v) is 7.02. The fourth-order valence-electron chi connectivity index (χ4n) is 3.97. The van der Waals surface area contributed by atoms with Gasteiger partial charge in [-0.05, 0) is 30.7 Å². The molecular formula is C25H18ClN7O6S. The summed E-state index contributed by atoms with van der Waals surface area (Å²) in [4.78, 5) is 56.6. The number of thiophene rings is 1. The first-order valence-corrected chi connectivity index (χ1v) is 12.7. The second kappa shape index (κ2) is 11.0. The molecule has 0 unspecified atom stereocenters. The van der Waals surface area contributed by atoms with Gasteiger partial charge in [-0.3, -0.25) is 14.4 Å². The molecule has 0 fully saturated rings. The molecule has 0 radical (unpaired) electrons. The predicted octanol–water partition coefficient (Wildman–Crippen LogP) is 3.39. The van der Waals surface area contributed by atoms with E-state index < -0.39 is 23.2 Å². The number of hydrogen-bond acceptors (Lipinski definition) is 11. The summed E-state index contributed by atoms with van der Waals surface area (Å²) >= 11 is 7.35. The lowest BCUT2D eigenvalue weighted by Crippen LogP contribution is -2.28. The number of oxazole rings is 1. The maximum Gasteiger partial charge on any atom is 0.336 e. The first-order chi connectivity index (χ1) is 19.2. The molecule has 2 N–H and O–H groups in total. The first kappa shape index (κ1) is 26.6. The Bertz CT molecular complexity index is 1790. The Morgan fingerprint density at radius 1 is 1.20 bits per heavy atom. The van der Waals surface area contributed by atoms with Crippen LogP contribution in [0, 0.1) is 6.92 Å². The highest BCUT2D eigenvalue weighted by Gasteiger charge is 2.27. The van der Waals surface area contributed by atoms with Crippen molar-refractivity contribution in [3.8, 4) is 11.3 Å². The number of aryl methyl sites for hydroxylation is 1. The van der Waals surface area contributed by atoms with E-state index in [1.807, 2.05) is 0 Å². The predicted molar refractivity (Wildman–Crippen MR) is 143 cm³/mol. The first-order valence-electron chi connectivity index (χ1n) is 11.5. The number of carbonyl (C=O) groups is 3. The molecular weight excluding hydrogens is 562 g/mol. The van der Waals surface area contributed by atoms with Gasteiger partial charge in [-0.25, -0.2) is 9.78 Å². The molecule has 0 bridgehead atoms. The number of nitrogens with one attached hydrogen (secondary N) is 1. The van der Waals surface area contributed by atoms with E-state index in [9.17, 15) is 24.3 Å². The lowest BCUT2D eigenvalue weighted by Gasteiger charge is -2.12. The van der Waals surface area contributed by atoms with Gasteiger partial charge in [0.15, 0.2) is 17.9 Å². The minimum Gasteiger partial charge on any atom is -0.478 e. The molecule has 5 heterocycles. The van der Waals surface area contributed by atoms with Gasteiger partial charge in [-0.15, -0.1) is 11.3 Å². The summed E-state index contributed by atoms with van der Waals surface area (Å²) in [6.45, 7) is 1.37. The van der Waals surface area contributed by atoms with Crippen molar-refractivity contribution in [2.75, 3.05) is 5.32 Å². The van der Waals surface area contributed by atoms with Crippen molar-refractivity contribution in [2.24, 2.45) is 0 Å². The second-order valence-corrected chi connectivity index (χ2v) is 10.2. The van der Waals surface area contributed by atoms with E-state index in [0.29, 0.717) is 4.34 Å². The molecule has 202 valence electrons. The lowest BCUT2D eigenvalue weighted by atomic mass is 10.0. The number of Topliss-reactive ketones (excluding diaryl/α,β-unsaturated/α-hetero) is 1. The molecule has 5 aromatic rings. The fraction of sp³-hybridized carbons (Fsp3) is 0.120. The van der Waals surface area contributed by atoms with Gasteiger partial charge in [0, 0.05) is 22.7 Å². The quantitative estimate of drug-likeness (QED) is 0.245. The SMILES string of the molecule is Cc1cn(CC(=O)c2ccnnc2)c(=O)c(-c2cc(NCc3ccc(Cl)s3)n(C(=O)c3cocn3)n2)c1C(=O)O. The molecule has 0 saturated heterocycles. The average molecular weight is 580 g/mol. The van der Waals surface area contributed by atoms with Gasteiger partial charge in [-0.2, -0.15) is 20.0 Å². The number of halogens is 1. The van der Waals surface area contributed by atoms with Crippen LogP contribution >= 0.6 is 22.9 Å². The van der Waals surface area contributed by atoms with Gasteiger partial charge in [0.25, 0.3) is 5.56 Å². The third-order valence-electron chi connectivity index (χ3n) is 5.78. The van der Waals surface area contributed by atoms with Crippen molar-refractivity contribution < 1.29 is 23.9 Å². The number of rotatable bonds is 9. The Kier molecular flexibility index (Phi) is 7.35. The van der Waals surface area contributed by atoms with E-state index in [4.69, 9.17) is 16.0 Å². The zero-order valence-corrected chi connectivity index (χ0v) is 22.1. The third kappa shape index (κ3) is 5.30. The van der Waals surface area contributed by atoms with Crippen LogP contribution < -0.4 is 10.9 Å². The van der Waals surface area contributed by atoms with Gasteiger partial charge in [0.1, 0.15) is 17.8 Å². The van der Waals surface area contributed by atoms with Crippen molar-refractivity contribution in [3.63, 3.8) is 0 Å². The smallest absolute Gasteiger partial charge is 0.336 e. The Morgan fingerprint density at radius 2 is 2.02 bits per heavy atom. The summed E-state index contributed by atoms with van der Waals surface area (Å²) in [5.74, 6) is -2.33. The number of nitrogens with zero attached hydrogens (tertiary/aromatic N) is 6. The fourth-order valence-corrected chi connectivity index (χ4v) is 5.00. The lowest BCUT2D eigenvalue weighted by molar-refractivity contribution is 0.0696. The molecule has 0 aliphatic heterocycles. The maximum atomic E-state index is 13.6. The molecule has 5 rings (SSSR count). The van der Waals surface area contributed by atoms with Crippen molar-refractivity contribution in [1.29, 1.82) is 0 Å². The van der Waals surface area contributed by atoms with E-state index in [1.165, 1.54) is 49.0 Å². The second-order valence-electron chi connectivity index (χ2n) is 8.42. The number of hydrogen-bond donors (Lipinski definition) is 2. The highest BCUT2D eigenvalue weighted by molar-refractivity contribution is 7.16. The average Bonchev–Trinajstić information content (AvgIpc) is 3.70. The highest BCUT2D eigenvalue weighted by Crippen LogP contribution is 2.27. The van der Waals surface area contributed by atoms with Crippen LogP contribution in [-0.4, -0.2) is 52.3 Å². The summed E-state index contributed by atoms with van der Waals surface area (Å²) in [5.41, 5.74) is -1.10. The summed E-state index contributed by atoms with van der Waals surface area (Å²) in [5, 5.41) is 24.7. The largest absolute Gasteiger partial charge is 0.478 e. The van der Waals surface area contributed by atoms with Crippen molar-refractivity contribution >= 4 is 46.4 Å². The summed E-state index contributed by atoms with van der Waals surface area (Å²) in [6, 6.07) is 6.37. The molecule has 40 heavy (non-hydrogen) atoms. The minimum absolute atomic E-state index is 0.0615. The van der Waals surface area contributed by atoms with Crippen LogP contribution in [0.25, 0.3) is 11.3 Å². The number of carbonyl (C=O) groups excluding carboxylic acids is 2. The number of pyridine rings is 1. The van der Waals surface area contributed by atoms with Crippen LogP contribution in [0.2, 0.25) is 4.34 Å². The van der Waals surface area contributed by atoms with Crippen LogP contribution in [0.3, 0.4) is 0 Å². The molecule has 15 heteroatoms. The van der Waals surface area contributed by atoms with Gasteiger partial charge in [0.2, 0.25) is 0 Å². The number of aromatic nitrogens is 6. The Hall–Kier alpha value is -4.95.